The van der Waals surface area contributed by atoms with Gasteiger partial charge in [-0.1, -0.05) is 24.6 Å². The second kappa shape index (κ2) is 6.61. The van der Waals surface area contributed by atoms with Crippen molar-refractivity contribution in [3.05, 3.63) is 59.4 Å². The van der Waals surface area contributed by atoms with E-state index in [1.807, 2.05) is 24.4 Å². The fourth-order valence-corrected chi connectivity index (χ4v) is 5.52. The minimum Gasteiger partial charge on any atom is -0.490 e. The fraction of sp³-hybridized carbons (Fsp3) is 0.522. The summed E-state index contributed by atoms with van der Waals surface area (Å²) < 4.78 is 5.84. The summed E-state index contributed by atoms with van der Waals surface area (Å²) in [6, 6.07) is 12.6. The molecule has 1 N–H and O–H groups in total. The zero-order valence-electron chi connectivity index (χ0n) is 16.0. The van der Waals surface area contributed by atoms with Gasteiger partial charge in [-0.3, -0.25) is 9.88 Å². The van der Waals surface area contributed by atoms with Crippen molar-refractivity contribution < 1.29 is 9.84 Å². The number of aliphatic hydroxyl groups is 1. The zero-order chi connectivity index (χ0) is 18.4. The highest BCUT2D eigenvalue weighted by atomic mass is 16.5. The number of aromatic nitrogens is 1. The van der Waals surface area contributed by atoms with Gasteiger partial charge in [-0.15, -0.1) is 0 Å². The van der Waals surface area contributed by atoms with Gasteiger partial charge in [0.05, 0.1) is 5.69 Å². The molecule has 4 heteroatoms. The summed E-state index contributed by atoms with van der Waals surface area (Å²) in [7, 11) is 0. The first kappa shape index (κ1) is 17.2. The lowest BCUT2D eigenvalue weighted by Gasteiger charge is -2.52. The number of benzene rings is 1. The highest BCUT2D eigenvalue weighted by Crippen LogP contribution is 2.48. The molecule has 1 saturated carbocycles. The molecule has 1 saturated heterocycles. The number of likely N-dealkylation sites (tertiary alicyclic amines) is 1. The maximum atomic E-state index is 11.7. The van der Waals surface area contributed by atoms with Crippen LogP contribution in [0.2, 0.25) is 0 Å². The largest absolute Gasteiger partial charge is 0.490 e. The van der Waals surface area contributed by atoms with Crippen molar-refractivity contribution in [1.82, 2.24) is 9.88 Å². The highest BCUT2D eigenvalue weighted by Gasteiger charge is 2.52. The molecular formula is C23H28N2O2. The summed E-state index contributed by atoms with van der Waals surface area (Å²) in [4.78, 5) is 7.06. The van der Waals surface area contributed by atoms with Gasteiger partial charge in [0.2, 0.25) is 0 Å². The third kappa shape index (κ3) is 2.95. The Morgan fingerprint density at radius 3 is 2.74 bits per heavy atom. The van der Waals surface area contributed by atoms with Crippen LogP contribution in [0.3, 0.4) is 0 Å². The minimum atomic E-state index is -0.767. The molecule has 2 aromatic rings. The lowest BCUT2D eigenvalue weighted by molar-refractivity contribution is -0.151. The Kier molecular flexibility index (Phi) is 4.21. The average Bonchev–Trinajstić information content (AvgIpc) is 3.03. The number of piperidine rings is 1. The quantitative estimate of drug-likeness (QED) is 0.905. The number of pyridine rings is 1. The number of rotatable bonds is 3. The van der Waals surface area contributed by atoms with Crippen LogP contribution in [-0.2, 0) is 18.6 Å². The van der Waals surface area contributed by atoms with E-state index < -0.39 is 5.60 Å². The standard InChI is InChI=1S/C23H28N2O2/c1-16-11-18-12-17(8-9-21(18)27-16)13-25-14-19-5-4-6-20(15-25)23(19,26)22-7-2-3-10-24-22/h2-3,7-10,12,16,19-20,26H,4-6,11,13-15H2,1H3/t16-,19-,20+,23?/m0/s1. The van der Waals surface area contributed by atoms with E-state index >= 15 is 0 Å². The van der Waals surface area contributed by atoms with Gasteiger partial charge in [0.25, 0.3) is 0 Å². The summed E-state index contributed by atoms with van der Waals surface area (Å²) in [5, 5.41) is 11.7. The minimum absolute atomic E-state index is 0.262. The van der Waals surface area contributed by atoms with Crippen LogP contribution in [0.5, 0.6) is 5.75 Å². The Morgan fingerprint density at radius 1 is 1.19 bits per heavy atom. The molecule has 0 radical (unpaired) electrons. The molecule has 4 atom stereocenters. The van der Waals surface area contributed by atoms with Crippen molar-refractivity contribution in [3.63, 3.8) is 0 Å². The molecule has 2 aliphatic heterocycles. The Morgan fingerprint density at radius 2 is 2.00 bits per heavy atom. The van der Waals surface area contributed by atoms with Gasteiger partial charge in [-0.05, 0) is 49.1 Å². The first-order chi connectivity index (χ1) is 13.1. The molecule has 2 bridgehead atoms. The summed E-state index contributed by atoms with van der Waals surface area (Å²) in [6.07, 6.45) is 6.48. The topological polar surface area (TPSA) is 45.6 Å². The normalized spacial score (nSPS) is 32.7. The van der Waals surface area contributed by atoms with Crippen molar-refractivity contribution in [2.24, 2.45) is 11.8 Å². The molecule has 0 amide bonds. The summed E-state index contributed by atoms with van der Waals surface area (Å²) in [5.74, 6) is 1.57. The van der Waals surface area contributed by atoms with Crippen molar-refractivity contribution >= 4 is 0 Å². The van der Waals surface area contributed by atoms with Gasteiger partial charge >= 0.3 is 0 Å². The first-order valence-electron chi connectivity index (χ1n) is 10.3. The van der Waals surface area contributed by atoms with Crippen molar-refractivity contribution in [3.8, 4) is 5.75 Å². The van der Waals surface area contributed by atoms with E-state index in [2.05, 4.69) is 35.0 Å². The van der Waals surface area contributed by atoms with Crippen LogP contribution < -0.4 is 4.74 Å². The lowest BCUT2D eigenvalue weighted by atomic mass is 9.64. The lowest BCUT2D eigenvalue weighted by Crippen LogP contribution is -2.58. The summed E-state index contributed by atoms with van der Waals surface area (Å²) in [5.41, 5.74) is 2.79. The van der Waals surface area contributed by atoms with Gasteiger partial charge in [-0.2, -0.15) is 0 Å². The molecule has 2 fully saturated rings. The molecule has 0 spiro atoms. The SMILES string of the molecule is C[C@H]1Cc2cc(CN3C[C@H]4CCC[C@@H](C3)C4(O)c3ccccn3)ccc2O1. The summed E-state index contributed by atoms with van der Waals surface area (Å²) in [6.45, 7) is 4.96. The van der Waals surface area contributed by atoms with Crippen LogP contribution in [-0.4, -0.2) is 34.2 Å². The predicted molar refractivity (Wildman–Crippen MR) is 104 cm³/mol. The van der Waals surface area contributed by atoms with E-state index in [1.165, 1.54) is 17.5 Å². The van der Waals surface area contributed by atoms with E-state index in [9.17, 15) is 5.11 Å². The average molecular weight is 364 g/mol. The van der Waals surface area contributed by atoms with Gasteiger partial charge in [-0.25, -0.2) is 0 Å². The number of hydrogen-bond donors (Lipinski definition) is 1. The maximum absolute atomic E-state index is 11.7. The van der Waals surface area contributed by atoms with E-state index in [0.717, 1.165) is 50.3 Å². The van der Waals surface area contributed by atoms with Crippen LogP contribution in [0.4, 0.5) is 0 Å². The number of ether oxygens (including phenoxy) is 1. The van der Waals surface area contributed by atoms with Gasteiger partial charge in [0, 0.05) is 44.1 Å². The second-order valence-electron chi connectivity index (χ2n) is 8.63. The number of nitrogens with zero attached hydrogens (tertiary/aromatic N) is 2. The van der Waals surface area contributed by atoms with E-state index in [-0.39, 0.29) is 17.9 Å². The van der Waals surface area contributed by atoms with Crippen LogP contribution in [0.1, 0.15) is 43.0 Å². The van der Waals surface area contributed by atoms with E-state index in [4.69, 9.17) is 4.74 Å². The molecule has 4 nitrogen and oxygen atoms in total. The third-order valence-electron chi connectivity index (χ3n) is 6.75. The van der Waals surface area contributed by atoms with Gasteiger partial charge in [0.15, 0.2) is 0 Å². The Labute approximate surface area is 161 Å². The molecule has 1 unspecified atom stereocenters. The summed E-state index contributed by atoms with van der Waals surface area (Å²) >= 11 is 0. The van der Waals surface area contributed by atoms with Crippen LogP contribution in [0.25, 0.3) is 0 Å². The Balaban J connectivity index is 1.36. The number of fused-ring (bicyclic) bond motifs is 3. The maximum Gasteiger partial charge on any atom is 0.123 e. The van der Waals surface area contributed by atoms with E-state index in [1.54, 1.807) is 0 Å². The molecule has 3 heterocycles. The smallest absolute Gasteiger partial charge is 0.123 e. The molecular weight excluding hydrogens is 336 g/mol. The molecule has 1 aliphatic carbocycles. The molecule has 1 aromatic heterocycles. The third-order valence-corrected chi connectivity index (χ3v) is 6.75. The first-order valence-corrected chi connectivity index (χ1v) is 10.3. The monoisotopic (exact) mass is 364 g/mol. The molecule has 27 heavy (non-hydrogen) atoms. The fourth-order valence-electron chi connectivity index (χ4n) is 5.52. The van der Waals surface area contributed by atoms with Crippen molar-refractivity contribution in [2.45, 2.75) is 50.9 Å². The molecule has 1 aromatic carbocycles. The van der Waals surface area contributed by atoms with Crippen LogP contribution in [0, 0.1) is 11.8 Å². The van der Waals surface area contributed by atoms with Crippen LogP contribution in [0.15, 0.2) is 42.6 Å². The van der Waals surface area contributed by atoms with Gasteiger partial charge < -0.3 is 9.84 Å². The highest BCUT2D eigenvalue weighted by molar-refractivity contribution is 5.40. The molecule has 5 rings (SSSR count). The van der Waals surface area contributed by atoms with Crippen molar-refractivity contribution in [1.29, 1.82) is 0 Å². The Hall–Kier alpha value is -1.91. The Bertz CT molecular complexity index is 808. The zero-order valence-corrected chi connectivity index (χ0v) is 16.0. The molecule has 142 valence electrons. The van der Waals surface area contributed by atoms with Crippen molar-refractivity contribution in [2.75, 3.05) is 13.1 Å². The molecule has 3 aliphatic rings. The number of hydrogen-bond acceptors (Lipinski definition) is 4. The van der Waals surface area contributed by atoms with Gasteiger partial charge in [0.1, 0.15) is 17.5 Å². The predicted octanol–water partition coefficient (Wildman–Crippen LogP) is 3.52. The second-order valence-corrected chi connectivity index (χ2v) is 8.63. The van der Waals surface area contributed by atoms with E-state index in [0.29, 0.717) is 0 Å². The van der Waals surface area contributed by atoms with Crippen LogP contribution >= 0.6 is 0 Å².